The van der Waals surface area contributed by atoms with Crippen LogP contribution < -0.4 is 19.1 Å². The predicted octanol–water partition coefficient (Wildman–Crippen LogP) is 6.90. The number of hydrogen-bond acceptors (Lipinski definition) is 12. The third kappa shape index (κ3) is 8.95. The average molecular weight is 666 g/mol. The highest BCUT2D eigenvalue weighted by molar-refractivity contribution is 6.10. The number of benzene rings is 4. The zero-order chi connectivity index (χ0) is 35.7. The van der Waals surface area contributed by atoms with Gasteiger partial charge in [0, 0.05) is 49.0 Å². The molecule has 252 valence electrons. The summed E-state index contributed by atoms with van der Waals surface area (Å²) in [7, 11) is 2.81. The Labute approximate surface area is 283 Å². The van der Waals surface area contributed by atoms with Crippen LogP contribution in [0.5, 0.6) is 17.2 Å². The number of carbonyl (C=O) groups excluding carboxylic acids is 4. The molecule has 0 saturated heterocycles. The van der Waals surface area contributed by atoms with Crippen LogP contribution >= 0.6 is 0 Å². The molecule has 0 bridgehead atoms. The van der Waals surface area contributed by atoms with Crippen LogP contribution in [0.2, 0.25) is 0 Å². The van der Waals surface area contributed by atoms with E-state index in [0.29, 0.717) is 17.0 Å². The van der Waals surface area contributed by atoms with Crippen LogP contribution in [0.3, 0.4) is 0 Å². The summed E-state index contributed by atoms with van der Waals surface area (Å²) in [6.07, 6.45) is 0. The number of oxime groups is 2. The van der Waals surface area contributed by atoms with Gasteiger partial charge in [-0.15, -0.1) is 0 Å². The molecule has 0 fully saturated rings. The molecule has 4 aromatic carbocycles. The normalized spacial score (nSPS) is 11.3. The molecule has 0 N–H and O–H groups in total. The molecule has 0 amide bonds. The van der Waals surface area contributed by atoms with Gasteiger partial charge in [0.2, 0.25) is 5.75 Å². The number of esters is 1. The van der Waals surface area contributed by atoms with E-state index in [2.05, 4.69) is 10.3 Å². The Hall–Kier alpha value is -6.30. The summed E-state index contributed by atoms with van der Waals surface area (Å²) in [5, 5.41) is 7.74. The van der Waals surface area contributed by atoms with Gasteiger partial charge in [-0.1, -0.05) is 34.6 Å². The third-order valence-corrected chi connectivity index (χ3v) is 7.07. The number of anilines is 3. The van der Waals surface area contributed by atoms with Crippen molar-refractivity contribution in [3.05, 3.63) is 107 Å². The van der Waals surface area contributed by atoms with E-state index in [4.69, 9.17) is 23.9 Å². The lowest BCUT2D eigenvalue weighted by Crippen LogP contribution is -2.11. The van der Waals surface area contributed by atoms with Gasteiger partial charge in [0.1, 0.15) is 0 Å². The minimum absolute atomic E-state index is 0.0813. The summed E-state index contributed by atoms with van der Waals surface area (Å²) < 4.78 is 16.0. The van der Waals surface area contributed by atoms with Crippen LogP contribution in [0.15, 0.2) is 95.2 Å². The number of rotatable bonds is 12. The quantitative estimate of drug-likeness (QED) is 0.0391. The largest absolute Gasteiger partial charge is 0.493 e. The first kappa shape index (κ1) is 35.6. The van der Waals surface area contributed by atoms with Crippen LogP contribution in [0.25, 0.3) is 0 Å². The van der Waals surface area contributed by atoms with Crippen LogP contribution in [0.1, 0.15) is 61.7 Å². The number of ketones is 1. The van der Waals surface area contributed by atoms with Crippen LogP contribution in [-0.4, -0.2) is 49.3 Å². The fraction of sp³-hybridized carbons (Fsp3) is 0.189. The van der Waals surface area contributed by atoms with Crippen molar-refractivity contribution in [2.75, 3.05) is 19.1 Å². The minimum atomic E-state index is -0.560. The van der Waals surface area contributed by atoms with Crippen molar-refractivity contribution < 1.29 is 43.1 Å². The first-order valence-electron chi connectivity index (χ1n) is 15.0. The molecule has 4 rings (SSSR count). The van der Waals surface area contributed by atoms with Gasteiger partial charge in [-0.3, -0.25) is 9.59 Å². The maximum Gasteiger partial charge on any atom is 0.331 e. The molecule has 0 saturated carbocycles. The van der Waals surface area contributed by atoms with Gasteiger partial charge in [0.25, 0.3) is 0 Å². The van der Waals surface area contributed by atoms with Crippen molar-refractivity contribution in [2.45, 2.75) is 34.6 Å². The first-order chi connectivity index (χ1) is 23.4. The van der Waals surface area contributed by atoms with Gasteiger partial charge in [0.05, 0.1) is 25.6 Å². The molecule has 12 heteroatoms. The van der Waals surface area contributed by atoms with E-state index >= 15 is 0 Å². The van der Waals surface area contributed by atoms with Crippen LogP contribution in [0, 0.1) is 0 Å². The highest BCUT2D eigenvalue weighted by Crippen LogP contribution is 2.40. The number of nitrogens with zero attached hydrogens (tertiary/aromatic N) is 3. The van der Waals surface area contributed by atoms with Gasteiger partial charge in [-0.05, 0) is 85.6 Å². The van der Waals surface area contributed by atoms with Gasteiger partial charge in [-0.25, -0.2) is 9.59 Å². The smallest absolute Gasteiger partial charge is 0.331 e. The molecular formula is C37H35N3O9. The zero-order valence-electron chi connectivity index (χ0n) is 28.1. The third-order valence-electron chi connectivity index (χ3n) is 7.07. The van der Waals surface area contributed by atoms with Crippen molar-refractivity contribution in [2.24, 2.45) is 10.3 Å². The molecule has 0 heterocycles. The molecule has 4 aromatic rings. The molecule has 12 nitrogen and oxygen atoms in total. The Morgan fingerprint density at radius 1 is 0.510 bits per heavy atom. The number of carbonyl (C=O) groups is 4. The molecule has 0 spiro atoms. The monoisotopic (exact) mass is 665 g/mol. The van der Waals surface area contributed by atoms with E-state index in [1.54, 1.807) is 26.0 Å². The number of ether oxygens (including phenoxy) is 3. The lowest BCUT2D eigenvalue weighted by Gasteiger charge is -2.26. The molecule has 0 aromatic heterocycles. The zero-order valence-corrected chi connectivity index (χ0v) is 28.1. The van der Waals surface area contributed by atoms with Gasteiger partial charge in [-0.2, -0.15) is 0 Å². The Kier molecular flexibility index (Phi) is 11.6. The van der Waals surface area contributed by atoms with Crippen molar-refractivity contribution in [1.29, 1.82) is 0 Å². The SMILES string of the molecule is COc1cc(C(=O)c2ccc(N(c3ccc(C(C)=NOC(C)=O)cc3)c3ccc(C(C)=NOC(C)=O)cc3)cc2)cc(OC)c1OC(C)=O. The summed E-state index contributed by atoms with van der Waals surface area (Å²) in [5.41, 5.74) is 5.55. The van der Waals surface area contributed by atoms with Crippen LogP contribution in [0.4, 0.5) is 17.1 Å². The summed E-state index contributed by atoms with van der Waals surface area (Å²) in [6.45, 7) is 7.28. The van der Waals surface area contributed by atoms with E-state index in [9.17, 15) is 19.2 Å². The second-order valence-corrected chi connectivity index (χ2v) is 10.6. The molecule has 0 aliphatic heterocycles. The lowest BCUT2D eigenvalue weighted by molar-refractivity contribution is -0.141. The van der Waals surface area contributed by atoms with Gasteiger partial charge >= 0.3 is 17.9 Å². The van der Waals surface area contributed by atoms with E-state index in [-0.39, 0.29) is 28.6 Å². The second kappa shape index (κ2) is 16.0. The van der Waals surface area contributed by atoms with Crippen molar-refractivity contribution in [3.8, 4) is 17.2 Å². The van der Waals surface area contributed by atoms with Crippen molar-refractivity contribution in [1.82, 2.24) is 0 Å². The summed E-state index contributed by atoms with van der Waals surface area (Å²) >= 11 is 0. The average Bonchev–Trinajstić information content (AvgIpc) is 3.10. The fourth-order valence-corrected chi connectivity index (χ4v) is 4.71. The Morgan fingerprint density at radius 2 is 0.878 bits per heavy atom. The standard InChI is InChI=1S/C37H35N3O9/c1-22(38-48-25(4)42)27-8-14-31(15-9-27)40(32-16-10-28(11-17-32)23(2)39-49-26(5)43)33-18-12-29(13-19-33)36(44)30-20-34(45-6)37(47-24(3)41)35(21-30)46-7/h8-21H,1-7H3. The molecule has 0 aliphatic carbocycles. The number of methoxy groups -OCH3 is 2. The highest BCUT2D eigenvalue weighted by atomic mass is 16.7. The number of hydrogen-bond donors (Lipinski definition) is 0. The molecular weight excluding hydrogens is 630 g/mol. The molecule has 0 radical (unpaired) electrons. The van der Waals surface area contributed by atoms with Crippen LogP contribution in [-0.2, 0) is 24.1 Å². The Balaban J connectivity index is 1.72. The topological polar surface area (TPSA) is 142 Å². The molecule has 0 unspecified atom stereocenters. The summed E-state index contributed by atoms with van der Waals surface area (Å²) in [6, 6.07) is 25.0. The second-order valence-electron chi connectivity index (χ2n) is 10.6. The van der Waals surface area contributed by atoms with Crippen molar-refractivity contribution >= 4 is 52.2 Å². The van der Waals surface area contributed by atoms with E-state index in [1.165, 1.54) is 47.1 Å². The lowest BCUT2D eigenvalue weighted by atomic mass is 10.0. The first-order valence-corrected chi connectivity index (χ1v) is 15.0. The Bertz CT molecular complexity index is 1810. The summed E-state index contributed by atoms with van der Waals surface area (Å²) in [4.78, 5) is 59.2. The maximum absolute atomic E-state index is 13.6. The highest BCUT2D eigenvalue weighted by Gasteiger charge is 2.21. The molecule has 0 atom stereocenters. The van der Waals surface area contributed by atoms with E-state index in [1.807, 2.05) is 65.6 Å². The fourth-order valence-electron chi connectivity index (χ4n) is 4.71. The van der Waals surface area contributed by atoms with E-state index < -0.39 is 17.9 Å². The predicted molar refractivity (Wildman–Crippen MR) is 183 cm³/mol. The molecule has 49 heavy (non-hydrogen) atoms. The van der Waals surface area contributed by atoms with Gasteiger partial charge in [0.15, 0.2) is 17.3 Å². The van der Waals surface area contributed by atoms with Crippen molar-refractivity contribution in [3.63, 3.8) is 0 Å². The molecule has 0 aliphatic rings. The minimum Gasteiger partial charge on any atom is -0.493 e. The van der Waals surface area contributed by atoms with E-state index in [0.717, 1.165) is 28.2 Å². The summed E-state index contributed by atoms with van der Waals surface area (Å²) in [5.74, 6) is -1.46. The maximum atomic E-state index is 13.6. The Morgan fingerprint density at radius 3 is 1.20 bits per heavy atom. The van der Waals surface area contributed by atoms with Gasteiger partial charge < -0.3 is 28.8 Å².